The van der Waals surface area contributed by atoms with E-state index >= 15 is 0 Å². The maximum atomic E-state index is 12.2. The number of esters is 1. The zero-order valence-electron chi connectivity index (χ0n) is 13.0. The van der Waals surface area contributed by atoms with Gasteiger partial charge in [-0.1, -0.05) is 18.2 Å². The average molecular weight is 367 g/mol. The molecular weight excluding hydrogens is 354 g/mol. The highest BCUT2D eigenvalue weighted by atomic mass is 32.1. The van der Waals surface area contributed by atoms with E-state index in [9.17, 15) is 4.79 Å². The van der Waals surface area contributed by atoms with E-state index in [0.29, 0.717) is 5.69 Å². The average Bonchev–Trinajstić information content (AvgIpc) is 3.41. The van der Waals surface area contributed by atoms with Crippen molar-refractivity contribution in [1.29, 1.82) is 0 Å². The van der Waals surface area contributed by atoms with E-state index in [1.54, 1.807) is 27.6 Å². The third-order valence-corrected chi connectivity index (χ3v) is 5.08. The van der Waals surface area contributed by atoms with Crippen LogP contribution in [0, 0.1) is 0 Å². The van der Waals surface area contributed by atoms with Crippen LogP contribution in [0.2, 0.25) is 0 Å². The molecule has 0 amide bonds. The molecule has 0 spiro atoms. The van der Waals surface area contributed by atoms with Crippen molar-refractivity contribution in [2.75, 3.05) is 0 Å². The lowest BCUT2D eigenvalue weighted by Gasteiger charge is -2.01. The minimum atomic E-state index is -0.426. The van der Waals surface area contributed by atoms with Crippen molar-refractivity contribution in [2.45, 2.75) is 6.61 Å². The van der Waals surface area contributed by atoms with Gasteiger partial charge < -0.3 is 4.74 Å². The molecule has 0 radical (unpaired) electrons. The number of ether oxygens (including phenoxy) is 1. The van der Waals surface area contributed by atoms with Gasteiger partial charge in [0.2, 0.25) is 0 Å². The Balaban J connectivity index is 1.40. The Labute approximate surface area is 152 Å². The topological polar surface area (TPSA) is 57.0 Å². The summed E-state index contributed by atoms with van der Waals surface area (Å²) in [6.07, 6.45) is 3.54. The lowest BCUT2D eigenvalue weighted by Crippen LogP contribution is -2.05. The first kappa shape index (κ1) is 15.7. The van der Waals surface area contributed by atoms with Crippen molar-refractivity contribution < 1.29 is 9.53 Å². The first-order valence-corrected chi connectivity index (χ1v) is 9.36. The first-order chi connectivity index (χ1) is 12.3. The molecule has 0 bridgehead atoms. The Morgan fingerprint density at radius 3 is 2.84 bits per heavy atom. The summed E-state index contributed by atoms with van der Waals surface area (Å²) < 4.78 is 7.10. The van der Waals surface area contributed by atoms with Crippen molar-refractivity contribution in [3.63, 3.8) is 0 Å². The van der Waals surface area contributed by atoms with E-state index in [4.69, 9.17) is 4.74 Å². The summed E-state index contributed by atoms with van der Waals surface area (Å²) in [7, 11) is 0. The lowest BCUT2D eigenvalue weighted by molar-refractivity contribution is 0.0467. The second-order valence-electron chi connectivity index (χ2n) is 5.25. The summed E-state index contributed by atoms with van der Waals surface area (Å²) in [6.45, 7) is 0.164. The van der Waals surface area contributed by atoms with Crippen LogP contribution in [-0.4, -0.2) is 20.7 Å². The second-order valence-corrected chi connectivity index (χ2v) is 6.89. The largest absolute Gasteiger partial charge is 0.456 e. The number of nitrogens with zero attached hydrogens (tertiary/aromatic N) is 3. The summed E-state index contributed by atoms with van der Waals surface area (Å²) in [5, 5.41) is 10.8. The van der Waals surface area contributed by atoms with E-state index in [-0.39, 0.29) is 6.61 Å². The van der Waals surface area contributed by atoms with Crippen LogP contribution in [0.1, 0.15) is 16.1 Å². The molecule has 0 unspecified atom stereocenters. The molecule has 3 aromatic heterocycles. The maximum Gasteiger partial charge on any atom is 0.358 e. The van der Waals surface area contributed by atoms with Gasteiger partial charge in [-0.3, -0.25) is 0 Å². The minimum absolute atomic E-state index is 0.164. The van der Waals surface area contributed by atoms with Crippen LogP contribution in [0.4, 0.5) is 0 Å². The number of thiazole rings is 1. The van der Waals surface area contributed by atoms with Crippen molar-refractivity contribution in [2.24, 2.45) is 0 Å². The fraction of sp³-hybridized carbons (Fsp3) is 0.0556. The predicted octanol–water partition coefficient (Wildman–Crippen LogP) is 4.41. The maximum absolute atomic E-state index is 12.2. The molecule has 0 aliphatic heterocycles. The molecule has 4 aromatic rings. The number of carbonyl (C=O) groups excluding carboxylic acids is 1. The fourth-order valence-corrected chi connectivity index (χ4v) is 3.77. The summed E-state index contributed by atoms with van der Waals surface area (Å²) in [5.41, 5.74) is 3.14. The normalized spacial score (nSPS) is 10.7. The third kappa shape index (κ3) is 3.52. The summed E-state index contributed by atoms with van der Waals surface area (Å²) in [6, 6.07) is 11.8. The molecule has 0 fully saturated rings. The van der Waals surface area contributed by atoms with E-state index < -0.39 is 5.97 Å². The van der Waals surface area contributed by atoms with Gasteiger partial charge in [0.05, 0.1) is 11.9 Å². The van der Waals surface area contributed by atoms with Crippen molar-refractivity contribution >= 4 is 28.6 Å². The van der Waals surface area contributed by atoms with Gasteiger partial charge in [-0.05, 0) is 23.6 Å². The molecule has 0 saturated heterocycles. The minimum Gasteiger partial charge on any atom is -0.456 e. The molecule has 7 heteroatoms. The van der Waals surface area contributed by atoms with Crippen molar-refractivity contribution in [3.05, 3.63) is 76.2 Å². The van der Waals surface area contributed by atoms with Gasteiger partial charge in [-0.15, -0.1) is 11.3 Å². The van der Waals surface area contributed by atoms with E-state index in [1.165, 1.54) is 11.3 Å². The molecule has 1 aromatic carbocycles. The molecule has 0 aliphatic rings. The highest BCUT2D eigenvalue weighted by molar-refractivity contribution is 7.14. The molecule has 0 aliphatic carbocycles. The molecule has 0 atom stereocenters. The molecule has 25 heavy (non-hydrogen) atoms. The molecule has 5 nitrogen and oxygen atoms in total. The Morgan fingerprint density at radius 1 is 1.16 bits per heavy atom. The van der Waals surface area contributed by atoms with Crippen molar-refractivity contribution in [1.82, 2.24) is 14.8 Å². The second kappa shape index (κ2) is 7.00. The quantitative estimate of drug-likeness (QED) is 0.490. The number of carbonyl (C=O) groups is 1. The number of hydrogen-bond donors (Lipinski definition) is 0. The lowest BCUT2D eigenvalue weighted by atomic mass is 10.3. The standard InChI is InChI=1S/C18H13N3O2S2/c22-18(16-12-25-17(20-16)14-6-7-24-11-14)23-10-13-8-19-21(9-13)15-4-2-1-3-5-15/h1-9,11-12H,10H2. The number of rotatable bonds is 5. The summed E-state index contributed by atoms with van der Waals surface area (Å²) in [5.74, 6) is -0.426. The van der Waals surface area contributed by atoms with Gasteiger partial charge in [-0.25, -0.2) is 14.5 Å². The number of aromatic nitrogens is 3. The van der Waals surface area contributed by atoms with Gasteiger partial charge in [0.15, 0.2) is 5.69 Å². The molecule has 124 valence electrons. The SMILES string of the molecule is O=C(OCc1cnn(-c2ccccc2)c1)c1csc(-c2ccsc2)n1. The molecular formula is C18H13N3O2S2. The molecule has 0 N–H and O–H groups in total. The smallest absolute Gasteiger partial charge is 0.358 e. The number of para-hydroxylation sites is 1. The van der Waals surface area contributed by atoms with Crippen LogP contribution in [0.15, 0.2) is 64.9 Å². The monoisotopic (exact) mass is 367 g/mol. The number of hydrogen-bond acceptors (Lipinski definition) is 6. The Morgan fingerprint density at radius 2 is 2.04 bits per heavy atom. The Kier molecular flexibility index (Phi) is 4.41. The van der Waals surface area contributed by atoms with Gasteiger partial charge in [0.25, 0.3) is 0 Å². The highest BCUT2D eigenvalue weighted by Gasteiger charge is 2.14. The zero-order chi connectivity index (χ0) is 17.1. The molecule has 3 heterocycles. The summed E-state index contributed by atoms with van der Waals surface area (Å²) in [4.78, 5) is 16.5. The van der Waals surface area contributed by atoms with Gasteiger partial charge in [-0.2, -0.15) is 16.4 Å². The van der Waals surface area contributed by atoms with Crippen LogP contribution in [0.3, 0.4) is 0 Å². The van der Waals surface area contributed by atoms with Gasteiger partial charge in [0, 0.05) is 28.1 Å². The number of thiophene rings is 1. The van der Waals surface area contributed by atoms with Crippen molar-refractivity contribution in [3.8, 4) is 16.3 Å². The van der Waals surface area contributed by atoms with Crippen LogP contribution in [0.25, 0.3) is 16.3 Å². The third-order valence-electron chi connectivity index (χ3n) is 3.51. The zero-order valence-corrected chi connectivity index (χ0v) is 14.7. The summed E-state index contributed by atoms with van der Waals surface area (Å²) >= 11 is 3.04. The Bertz CT molecular complexity index is 975. The highest BCUT2D eigenvalue weighted by Crippen LogP contribution is 2.26. The fourth-order valence-electron chi connectivity index (χ4n) is 2.27. The van der Waals surface area contributed by atoms with E-state index in [2.05, 4.69) is 10.1 Å². The van der Waals surface area contributed by atoms with Crippen LogP contribution in [0.5, 0.6) is 0 Å². The van der Waals surface area contributed by atoms with Crippen LogP contribution >= 0.6 is 22.7 Å². The van der Waals surface area contributed by atoms with Crippen LogP contribution < -0.4 is 0 Å². The van der Waals surface area contributed by atoms with E-state index in [1.807, 2.05) is 53.4 Å². The van der Waals surface area contributed by atoms with Gasteiger partial charge in [0.1, 0.15) is 11.6 Å². The van der Waals surface area contributed by atoms with E-state index in [0.717, 1.165) is 21.8 Å². The Hall–Kier alpha value is -2.77. The first-order valence-electron chi connectivity index (χ1n) is 7.54. The van der Waals surface area contributed by atoms with Gasteiger partial charge >= 0.3 is 5.97 Å². The number of benzene rings is 1. The molecule has 0 saturated carbocycles. The molecule has 4 rings (SSSR count). The van der Waals surface area contributed by atoms with Crippen LogP contribution in [-0.2, 0) is 11.3 Å². The predicted molar refractivity (Wildman–Crippen MR) is 98.1 cm³/mol.